The van der Waals surface area contributed by atoms with E-state index in [9.17, 15) is 0 Å². The molecule has 2 aromatic heterocycles. The van der Waals surface area contributed by atoms with Crippen molar-refractivity contribution in [1.29, 1.82) is 0 Å². The Bertz CT molecular complexity index is 779. The van der Waals surface area contributed by atoms with Crippen LogP contribution in [0.5, 0.6) is 5.75 Å². The van der Waals surface area contributed by atoms with Gasteiger partial charge in [0.1, 0.15) is 22.1 Å². The first-order chi connectivity index (χ1) is 10.8. The highest BCUT2D eigenvalue weighted by Gasteiger charge is 2.10. The fourth-order valence-corrected chi connectivity index (χ4v) is 3.34. The number of thiazole rings is 2. The fourth-order valence-electron chi connectivity index (χ4n) is 1.92. The summed E-state index contributed by atoms with van der Waals surface area (Å²) < 4.78 is 5.67. The molecule has 0 atom stereocenters. The number of hydrogen-bond acceptors (Lipinski definition) is 6. The van der Waals surface area contributed by atoms with Crippen molar-refractivity contribution in [3.05, 3.63) is 35.0 Å². The van der Waals surface area contributed by atoms with Crippen LogP contribution in [0.3, 0.4) is 0 Å². The summed E-state index contributed by atoms with van der Waals surface area (Å²) in [4.78, 5) is 12.9. The topological polar surface area (TPSA) is 47.4 Å². The van der Waals surface area contributed by atoms with Gasteiger partial charge in [-0.05, 0) is 25.3 Å². The van der Waals surface area contributed by atoms with Crippen LogP contribution in [0, 0.1) is 0 Å². The molecule has 0 saturated heterocycles. The zero-order valence-corrected chi connectivity index (χ0v) is 13.8. The first kappa shape index (κ1) is 14.9. The van der Waals surface area contributed by atoms with Crippen LogP contribution in [0.15, 0.2) is 40.0 Å². The number of benzene rings is 1. The van der Waals surface area contributed by atoms with Gasteiger partial charge >= 0.3 is 0 Å². The summed E-state index contributed by atoms with van der Waals surface area (Å²) in [6.07, 6.45) is 0.995. The van der Waals surface area contributed by atoms with Crippen LogP contribution >= 0.6 is 22.7 Å². The summed E-state index contributed by atoms with van der Waals surface area (Å²) in [5.41, 5.74) is 2.77. The number of aliphatic imine (C=N–C) groups is 1. The van der Waals surface area contributed by atoms with Crippen LogP contribution < -0.4 is 4.74 Å². The Hall–Kier alpha value is -2.05. The molecule has 0 N–H and O–H groups in total. The first-order valence-corrected chi connectivity index (χ1v) is 8.67. The summed E-state index contributed by atoms with van der Waals surface area (Å²) >= 11 is 3.06. The molecule has 6 heteroatoms. The van der Waals surface area contributed by atoms with Gasteiger partial charge in [-0.3, -0.25) is 0 Å². The van der Waals surface area contributed by atoms with Crippen LogP contribution in [0.4, 0.5) is 5.13 Å². The summed E-state index contributed by atoms with van der Waals surface area (Å²) in [5, 5.41) is 5.58. The molecular weight excluding hydrogens is 314 g/mol. The molecule has 0 aliphatic rings. The summed E-state index contributed by atoms with van der Waals surface area (Å²) in [5.74, 6) is 0.878. The molecule has 0 aliphatic heterocycles. The standard InChI is InChI=1S/C16H15N3OS2/c1-3-7-20-12-6-4-5-11(8-12)15-18-13(9-21-15)14-10-22-16(17-2)19-14/h4-6,8-10H,2-3,7H2,1H3. The third-order valence-electron chi connectivity index (χ3n) is 2.95. The van der Waals surface area contributed by atoms with Crippen molar-refractivity contribution in [3.63, 3.8) is 0 Å². The predicted octanol–water partition coefficient (Wildman–Crippen LogP) is 5.05. The predicted molar refractivity (Wildman–Crippen MR) is 93.7 cm³/mol. The maximum Gasteiger partial charge on any atom is 0.209 e. The van der Waals surface area contributed by atoms with Crippen LogP contribution in [0.25, 0.3) is 22.0 Å². The molecule has 0 aliphatic carbocycles. The summed E-state index contributed by atoms with van der Waals surface area (Å²) in [7, 11) is 0. The molecule has 0 unspecified atom stereocenters. The summed E-state index contributed by atoms with van der Waals surface area (Å²) in [6, 6.07) is 8.02. The van der Waals surface area contributed by atoms with Crippen molar-refractivity contribution in [3.8, 4) is 27.7 Å². The largest absolute Gasteiger partial charge is 0.494 e. The fraction of sp³-hybridized carbons (Fsp3) is 0.188. The van der Waals surface area contributed by atoms with Gasteiger partial charge in [0.05, 0.1) is 6.61 Å². The third-order valence-corrected chi connectivity index (χ3v) is 4.61. The molecule has 4 nitrogen and oxygen atoms in total. The molecule has 0 bridgehead atoms. The van der Waals surface area contributed by atoms with Gasteiger partial charge in [-0.25, -0.2) is 15.0 Å². The molecular formula is C16H15N3OS2. The molecule has 0 fully saturated rings. The van der Waals surface area contributed by atoms with E-state index in [-0.39, 0.29) is 0 Å². The number of hydrogen-bond donors (Lipinski definition) is 0. The maximum atomic E-state index is 5.67. The van der Waals surface area contributed by atoms with E-state index in [1.807, 2.05) is 35.0 Å². The molecule has 0 saturated carbocycles. The zero-order chi connectivity index (χ0) is 15.4. The van der Waals surface area contributed by atoms with Crippen molar-refractivity contribution < 1.29 is 4.74 Å². The normalized spacial score (nSPS) is 10.6. The minimum Gasteiger partial charge on any atom is -0.494 e. The molecule has 0 spiro atoms. The second kappa shape index (κ2) is 6.81. The minimum absolute atomic E-state index is 0.666. The van der Waals surface area contributed by atoms with Gasteiger partial charge in [-0.2, -0.15) is 0 Å². The van der Waals surface area contributed by atoms with Gasteiger partial charge in [0.2, 0.25) is 5.13 Å². The Morgan fingerprint density at radius 2 is 2.00 bits per heavy atom. The van der Waals surface area contributed by atoms with Crippen molar-refractivity contribution in [2.24, 2.45) is 4.99 Å². The first-order valence-electron chi connectivity index (χ1n) is 6.91. The number of ether oxygens (including phenoxy) is 1. The second-order valence-corrected chi connectivity index (χ2v) is 6.28. The van der Waals surface area contributed by atoms with E-state index in [1.165, 1.54) is 11.3 Å². The monoisotopic (exact) mass is 329 g/mol. The van der Waals surface area contributed by atoms with Crippen LogP contribution in [-0.4, -0.2) is 23.3 Å². The molecule has 3 rings (SSSR count). The quantitative estimate of drug-likeness (QED) is 0.594. The SMILES string of the molecule is C=Nc1nc(-c2csc(-c3cccc(OCCC)c3)n2)cs1. The highest BCUT2D eigenvalue weighted by Crippen LogP contribution is 2.32. The molecule has 112 valence electrons. The van der Waals surface area contributed by atoms with E-state index in [1.54, 1.807) is 11.3 Å². The molecule has 2 heterocycles. The van der Waals surface area contributed by atoms with Crippen LogP contribution in [-0.2, 0) is 0 Å². The number of rotatable bonds is 6. The van der Waals surface area contributed by atoms with E-state index in [4.69, 9.17) is 4.74 Å². The molecule has 3 aromatic rings. The molecule has 1 aromatic carbocycles. The lowest BCUT2D eigenvalue weighted by Crippen LogP contribution is -1.94. The third kappa shape index (κ3) is 3.23. The van der Waals surface area contributed by atoms with Crippen molar-refractivity contribution in [1.82, 2.24) is 9.97 Å². The molecule has 0 amide bonds. The average Bonchev–Trinajstić information content (AvgIpc) is 3.21. The van der Waals surface area contributed by atoms with E-state index in [0.29, 0.717) is 5.13 Å². The van der Waals surface area contributed by atoms with E-state index in [0.717, 1.165) is 40.7 Å². The Morgan fingerprint density at radius 1 is 1.18 bits per heavy atom. The molecule has 0 radical (unpaired) electrons. The Balaban J connectivity index is 1.85. The van der Waals surface area contributed by atoms with Crippen molar-refractivity contribution >= 4 is 34.5 Å². The maximum absolute atomic E-state index is 5.67. The lowest BCUT2D eigenvalue weighted by atomic mass is 10.2. The molecule has 22 heavy (non-hydrogen) atoms. The van der Waals surface area contributed by atoms with Crippen molar-refractivity contribution in [2.45, 2.75) is 13.3 Å². The van der Waals surface area contributed by atoms with Crippen LogP contribution in [0.2, 0.25) is 0 Å². The van der Waals surface area contributed by atoms with E-state index in [2.05, 4.69) is 28.6 Å². The Morgan fingerprint density at radius 3 is 2.77 bits per heavy atom. The van der Waals surface area contributed by atoms with Gasteiger partial charge in [0, 0.05) is 16.3 Å². The van der Waals surface area contributed by atoms with Gasteiger partial charge < -0.3 is 4.74 Å². The van der Waals surface area contributed by atoms with Gasteiger partial charge in [-0.1, -0.05) is 19.1 Å². The van der Waals surface area contributed by atoms with E-state index >= 15 is 0 Å². The lowest BCUT2D eigenvalue weighted by molar-refractivity contribution is 0.317. The minimum atomic E-state index is 0.666. The van der Waals surface area contributed by atoms with E-state index < -0.39 is 0 Å². The Labute approximate surface area is 137 Å². The Kier molecular flexibility index (Phi) is 4.60. The van der Waals surface area contributed by atoms with Crippen LogP contribution in [0.1, 0.15) is 13.3 Å². The smallest absolute Gasteiger partial charge is 0.209 e. The second-order valence-electron chi connectivity index (χ2n) is 4.59. The number of nitrogens with zero attached hydrogens (tertiary/aromatic N) is 3. The van der Waals surface area contributed by atoms with Gasteiger partial charge in [-0.15, -0.1) is 22.7 Å². The highest BCUT2D eigenvalue weighted by atomic mass is 32.1. The van der Waals surface area contributed by atoms with Gasteiger partial charge in [0.15, 0.2) is 0 Å². The summed E-state index contributed by atoms with van der Waals surface area (Å²) in [6.45, 7) is 6.31. The highest BCUT2D eigenvalue weighted by molar-refractivity contribution is 7.14. The lowest BCUT2D eigenvalue weighted by Gasteiger charge is -2.05. The van der Waals surface area contributed by atoms with Gasteiger partial charge in [0.25, 0.3) is 0 Å². The van der Waals surface area contributed by atoms with Crippen molar-refractivity contribution in [2.75, 3.05) is 6.61 Å². The zero-order valence-electron chi connectivity index (χ0n) is 12.2. The number of aromatic nitrogens is 2. The average molecular weight is 329 g/mol.